The molecular weight excluding hydrogens is 284 g/mol. The van der Waals surface area contributed by atoms with Crippen LogP contribution in [0.1, 0.15) is 52.5 Å². The highest BCUT2D eigenvalue weighted by Crippen LogP contribution is 2.23. The molecule has 0 fully saturated rings. The first-order valence-electron chi connectivity index (χ1n) is 8.59. The summed E-state index contributed by atoms with van der Waals surface area (Å²) in [6.07, 6.45) is 10.4. The normalized spacial score (nSPS) is 18.9. The van der Waals surface area contributed by atoms with Crippen LogP contribution in [0.2, 0.25) is 0 Å². The van der Waals surface area contributed by atoms with Gasteiger partial charge in [0.15, 0.2) is 0 Å². The third kappa shape index (κ3) is 9.37. The highest BCUT2D eigenvalue weighted by atomic mass is 16.3. The maximum absolute atomic E-state index is 10.3. The van der Waals surface area contributed by atoms with E-state index in [9.17, 15) is 10.2 Å². The molecule has 128 valence electrons. The highest BCUT2D eigenvalue weighted by Gasteiger charge is 2.24. The Morgan fingerprint density at radius 3 is 2.26 bits per heavy atom. The van der Waals surface area contributed by atoms with E-state index in [1.165, 1.54) is 5.56 Å². The molecule has 0 bridgehead atoms. The third-order valence-electron chi connectivity index (χ3n) is 3.89. The summed E-state index contributed by atoms with van der Waals surface area (Å²) in [6, 6.07) is 10.3. The number of hydrogen-bond donors (Lipinski definition) is 2. The number of hydrogen-bond acceptors (Lipinski definition) is 2. The molecule has 0 spiro atoms. The van der Waals surface area contributed by atoms with Crippen molar-refractivity contribution in [3.8, 4) is 0 Å². The van der Waals surface area contributed by atoms with Crippen molar-refractivity contribution in [1.29, 1.82) is 0 Å². The third-order valence-corrected chi connectivity index (χ3v) is 3.89. The molecule has 0 aliphatic carbocycles. The van der Waals surface area contributed by atoms with E-state index in [0.717, 1.165) is 6.42 Å². The molecular formula is C21H32O2. The van der Waals surface area contributed by atoms with E-state index >= 15 is 0 Å². The van der Waals surface area contributed by atoms with Gasteiger partial charge in [0, 0.05) is 6.42 Å². The average Bonchev–Trinajstić information content (AvgIpc) is 2.44. The molecule has 1 aromatic carbocycles. The van der Waals surface area contributed by atoms with Gasteiger partial charge in [0.1, 0.15) is 0 Å². The Morgan fingerprint density at radius 1 is 1.00 bits per heavy atom. The zero-order chi connectivity index (χ0) is 17.3. The Balaban J connectivity index is 2.38. The quantitative estimate of drug-likeness (QED) is 0.641. The molecule has 4 atom stereocenters. The summed E-state index contributed by atoms with van der Waals surface area (Å²) in [7, 11) is 0. The first-order chi connectivity index (χ1) is 10.8. The van der Waals surface area contributed by atoms with Gasteiger partial charge in [0.05, 0.1) is 11.7 Å². The van der Waals surface area contributed by atoms with Gasteiger partial charge < -0.3 is 10.2 Å². The zero-order valence-electron chi connectivity index (χ0n) is 14.9. The molecule has 0 aromatic heterocycles. The van der Waals surface area contributed by atoms with Crippen LogP contribution in [0.5, 0.6) is 0 Å². The predicted molar refractivity (Wildman–Crippen MR) is 99.1 cm³/mol. The second-order valence-electron chi connectivity index (χ2n) is 7.14. The van der Waals surface area contributed by atoms with E-state index in [1.807, 2.05) is 18.2 Å². The molecule has 2 heteroatoms. The van der Waals surface area contributed by atoms with Crippen LogP contribution < -0.4 is 0 Å². The van der Waals surface area contributed by atoms with Crippen molar-refractivity contribution < 1.29 is 10.2 Å². The van der Waals surface area contributed by atoms with E-state index < -0.39 is 11.7 Å². The fourth-order valence-electron chi connectivity index (χ4n) is 2.93. The molecule has 23 heavy (non-hydrogen) atoms. The maximum atomic E-state index is 10.3. The highest BCUT2D eigenvalue weighted by molar-refractivity contribution is 5.48. The monoisotopic (exact) mass is 316 g/mol. The van der Waals surface area contributed by atoms with Crippen LogP contribution >= 0.6 is 0 Å². The van der Waals surface area contributed by atoms with Gasteiger partial charge in [-0.15, -0.1) is 0 Å². The molecule has 1 rings (SSSR count). The largest absolute Gasteiger partial charge is 0.393 e. The summed E-state index contributed by atoms with van der Waals surface area (Å²) < 4.78 is 0. The van der Waals surface area contributed by atoms with Gasteiger partial charge in [-0.3, -0.25) is 0 Å². The van der Waals surface area contributed by atoms with Crippen molar-refractivity contribution in [2.75, 3.05) is 0 Å². The van der Waals surface area contributed by atoms with E-state index in [1.54, 1.807) is 13.8 Å². The fourth-order valence-corrected chi connectivity index (χ4v) is 2.93. The van der Waals surface area contributed by atoms with Crippen LogP contribution in [0.25, 0.3) is 6.08 Å². The molecule has 2 nitrogen and oxygen atoms in total. The van der Waals surface area contributed by atoms with Gasteiger partial charge in [-0.2, -0.15) is 0 Å². The van der Waals surface area contributed by atoms with Crippen molar-refractivity contribution in [2.45, 2.75) is 58.7 Å². The minimum Gasteiger partial charge on any atom is -0.393 e. The number of benzene rings is 1. The topological polar surface area (TPSA) is 40.5 Å². The van der Waals surface area contributed by atoms with Crippen LogP contribution in [0.15, 0.2) is 48.6 Å². The first-order valence-corrected chi connectivity index (χ1v) is 8.59. The summed E-state index contributed by atoms with van der Waals surface area (Å²) in [5.41, 5.74) is 0.419. The first kappa shape index (κ1) is 19.7. The SMILES string of the molecule is C[C@H](/C=C/c1ccccc1)C/C=C/[C@H](C)C[C@@](C)(O)C[C@@H](C)O. The lowest BCUT2D eigenvalue weighted by Gasteiger charge is -2.26. The van der Waals surface area contributed by atoms with Crippen LogP contribution in [0, 0.1) is 11.8 Å². The molecule has 0 unspecified atom stereocenters. The van der Waals surface area contributed by atoms with E-state index in [2.05, 4.69) is 50.3 Å². The number of allylic oxidation sites excluding steroid dienone is 3. The second-order valence-corrected chi connectivity index (χ2v) is 7.14. The standard InChI is InChI=1S/C21H32O2/c1-17(13-14-20-11-6-5-7-12-20)9-8-10-18(2)15-21(4,23)16-19(3)22/h5-8,10-14,17-19,22-23H,9,15-16H2,1-4H3/b10-8+,14-13+/t17-,18-,19+,21+/m0/s1. The maximum Gasteiger partial charge on any atom is 0.0649 e. The molecule has 0 saturated heterocycles. The van der Waals surface area contributed by atoms with Crippen LogP contribution in [-0.4, -0.2) is 21.9 Å². The Morgan fingerprint density at radius 2 is 1.65 bits per heavy atom. The predicted octanol–water partition coefficient (Wildman–Crippen LogP) is 4.83. The summed E-state index contributed by atoms with van der Waals surface area (Å²) >= 11 is 0. The van der Waals surface area contributed by atoms with Gasteiger partial charge in [0.2, 0.25) is 0 Å². The lowest BCUT2D eigenvalue weighted by molar-refractivity contribution is -0.00383. The molecule has 1 aromatic rings. The lowest BCUT2D eigenvalue weighted by Crippen LogP contribution is -2.30. The Labute approximate surface area is 141 Å². The minimum absolute atomic E-state index is 0.300. The molecule has 0 aliphatic rings. The van der Waals surface area contributed by atoms with Gasteiger partial charge >= 0.3 is 0 Å². The Bertz CT molecular complexity index is 486. The van der Waals surface area contributed by atoms with Crippen molar-refractivity contribution in [3.05, 3.63) is 54.1 Å². The van der Waals surface area contributed by atoms with Gasteiger partial charge in [-0.25, -0.2) is 0 Å². The Hall–Kier alpha value is -1.38. The smallest absolute Gasteiger partial charge is 0.0649 e. The second kappa shape index (κ2) is 9.69. The summed E-state index contributed by atoms with van der Waals surface area (Å²) in [5.74, 6) is 0.783. The van der Waals surface area contributed by atoms with Crippen LogP contribution in [0.4, 0.5) is 0 Å². The number of aliphatic hydroxyl groups is 2. The van der Waals surface area contributed by atoms with Gasteiger partial charge in [-0.1, -0.05) is 68.5 Å². The summed E-state index contributed by atoms with van der Waals surface area (Å²) in [5, 5.41) is 19.7. The Kier molecular flexibility index (Phi) is 8.29. The average molecular weight is 316 g/mol. The lowest BCUT2D eigenvalue weighted by atomic mass is 9.88. The summed E-state index contributed by atoms with van der Waals surface area (Å²) in [6.45, 7) is 7.83. The molecule has 0 aliphatic heterocycles. The van der Waals surface area contributed by atoms with Crippen molar-refractivity contribution in [1.82, 2.24) is 0 Å². The van der Waals surface area contributed by atoms with Gasteiger partial charge in [0.25, 0.3) is 0 Å². The van der Waals surface area contributed by atoms with Crippen LogP contribution in [0.3, 0.4) is 0 Å². The van der Waals surface area contributed by atoms with E-state index in [-0.39, 0.29) is 0 Å². The summed E-state index contributed by atoms with van der Waals surface area (Å²) in [4.78, 5) is 0. The molecule has 2 N–H and O–H groups in total. The van der Waals surface area contributed by atoms with E-state index in [4.69, 9.17) is 0 Å². The van der Waals surface area contributed by atoms with Crippen LogP contribution in [-0.2, 0) is 0 Å². The van der Waals surface area contributed by atoms with Gasteiger partial charge in [-0.05, 0) is 44.1 Å². The molecule has 0 amide bonds. The molecule has 0 heterocycles. The van der Waals surface area contributed by atoms with Crippen molar-refractivity contribution in [2.24, 2.45) is 11.8 Å². The van der Waals surface area contributed by atoms with E-state index in [0.29, 0.717) is 24.7 Å². The zero-order valence-corrected chi connectivity index (χ0v) is 14.9. The van der Waals surface area contributed by atoms with Crippen molar-refractivity contribution >= 4 is 6.08 Å². The molecule has 0 radical (unpaired) electrons. The number of aliphatic hydroxyl groups excluding tert-OH is 1. The van der Waals surface area contributed by atoms with Crippen molar-refractivity contribution in [3.63, 3.8) is 0 Å². The molecule has 0 saturated carbocycles. The fraction of sp³-hybridized carbons (Fsp3) is 0.524. The number of rotatable bonds is 9. The minimum atomic E-state index is -0.809.